The standard InChI is InChI=1S/C27H26N2O5/c1-33-23-14-17-12-13-28(21-16-25(31)29(27(21)32)18-8-4-3-5-9-18)26(20(17)15-24(23)34-2)19-10-6-7-11-22(19)30/h3-11,14-16,26,30-32H,12-13H2,1-2H3. The van der Waals surface area contributed by atoms with Gasteiger partial charge in [-0.2, -0.15) is 0 Å². The van der Waals surface area contributed by atoms with Crippen LogP contribution in [0.5, 0.6) is 29.0 Å². The van der Waals surface area contributed by atoms with Crippen molar-refractivity contribution in [2.24, 2.45) is 0 Å². The normalized spacial score (nSPS) is 15.1. The molecule has 1 aromatic heterocycles. The number of methoxy groups -OCH3 is 2. The molecule has 0 saturated carbocycles. The van der Waals surface area contributed by atoms with E-state index >= 15 is 0 Å². The van der Waals surface area contributed by atoms with Crippen LogP contribution >= 0.6 is 0 Å². The molecule has 1 unspecified atom stereocenters. The van der Waals surface area contributed by atoms with Gasteiger partial charge in [0, 0.05) is 18.2 Å². The van der Waals surface area contributed by atoms with Crippen LogP contribution in [0.3, 0.4) is 0 Å². The third kappa shape index (κ3) is 3.46. The van der Waals surface area contributed by atoms with Crippen molar-refractivity contribution in [3.63, 3.8) is 0 Å². The molecule has 7 heteroatoms. The Morgan fingerprint density at radius 1 is 0.794 bits per heavy atom. The molecule has 1 aliphatic heterocycles. The third-order valence-corrected chi connectivity index (χ3v) is 6.36. The summed E-state index contributed by atoms with van der Waals surface area (Å²) in [6.07, 6.45) is 0.677. The molecular weight excluding hydrogens is 432 g/mol. The van der Waals surface area contributed by atoms with E-state index in [0.29, 0.717) is 41.4 Å². The molecule has 0 fully saturated rings. The Kier molecular flexibility index (Phi) is 5.45. The van der Waals surface area contributed by atoms with Crippen molar-refractivity contribution in [1.29, 1.82) is 0 Å². The van der Waals surface area contributed by atoms with Gasteiger partial charge in [0.25, 0.3) is 0 Å². The topological polar surface area (TPSA) is 87.3 Å². The first kappa shape index (κ1) is 21.6. The van der Waals surface area contributed by atoms with E-state index in [1.54, 1.807) is 32.4 Å². The highest BCUT2D eigenvalue weighted by molar-refractivity contribution is 5.68. The minimum absolute atomic E-state index is 0.0759. The highest BCUT2D eigenvalue weighted by atomic mass is 16.5. The van der Waals surface area contributed by atoms with Gasteiger partial charge in [0.15, 0.2) is 11.5 Å². The zero-order valence-electron chi connectivity index (χ0n) is 19.0. The summed E-state index contributed by atoms with van der Waals surface area (Å²) in [6, 6.07) is 21.4. The van der Waals surface area contributed by atoms with Gasteiger partial charge in [-0.05, 0) is 47.9 Å². The Balaban J connectivity index is 1.70. The predicted molar refractivity (Wildman–Crippen MR) is 130 cm³/mol. The lowest BCUT2D eigenvalue weighted by molar-refractivity contribution is 0.353. The van der Waals surface area contributed by atoms with Crippen molar-refractivity contribution in [2.45, 2.75) is 12.5 Å². The van der Waals surface area contributed by atoms with Gasteiger partial charge in [-0.1, -0.05) is 36.4 Å². The van der Waals surface area contributed by atoms with E-state index in [0.717, 1.165) is 11.1 Å². The lowest BCUT2D eigenvalue weighted by Gasteiger charge is -2.39. The average Bonchev–Trinajstić information content (AvgIpc) is 3.16. The van der Waals surface area contributed by atoms with Gasteiger partial charge in [0.05, 0.1) is 25.9 Å². The highest BCUT2D eigenvalue weighted by Crippen LogP contribution is 2.48. The maximum atomic E-state index is 11.2. The van der Waals surface area contributed by atoms with E-state index in [2.05, 4.69) is 0 Å². The fourth-order valence-electron chi connectivity index (χ4n) is 4.78. The van der Waals surface area contributed by atoms with Crippen LogP contribution < -0.4 is 14.4 Å². The average molecular weight is 459 g/mol. The lowest BCUT2D eigenvalue weighted by Crippen LogP contribution is -2.36. The van der Waals surface area contributed by atoms with Gasteiger partial charge in [-0.15, -0.1) is 0 Å². The fourth-order valence-corrected chi connectivity index (χ4v) is 4.78. The summed E-state index contributed by atoms with van der Waals surface area (Å²) in [5.74, 6) is 1.21. The van der Waals surface area contributed by atoms with Crippen LogP contribution in [0, 0.1) is 0 Å². The zero-order chi connectivity index (χ0) is 23.8. The van der Waals surface area contributed by atoms with E-state index in [1.807, 2.05) is 59.5 Å². The second-order valence-electron chi connectivity index (χ2n) is 8.19. The molecule has 7 nitrogen and oxygen atoms in total. The number of phenols is 1. The predicted octanol–water partition coefficient (Wildman–Crippen LogP) is 4.76. The SMILES string of the molecule is COc1cc2c(cc1OC)C(c1ccccc1O)N(c1cc(O)n(-c3ccccc3)c1O)CC2. The smallest absolute Gasteiger partial charge is 0.223 e. The van der Waals surface area contributed by atoms with E-state index in [1.165, 1.54) is 4.57 Å². The first-order valence-corrected chi connectivity index (χ1v) is 11.0. The Hall–Kier alpha value is -4.26. The molecule has 0 amide bonds. The molecule has 2 heterocycles. The number of fused-ring (bicyclic) bond motifs is 1. The van der Waals surface area contributed by atoms with E-state index in [4.69, 9.17) is 9.47 Å². The van der Waals surface area contributed by atoms with Crippen molar-refractivity contribution in [1.82, 2.24) is 4.57 Å². The van der Waals surface area contributed by atoms with E-state index < -0.39 is 6.04 Å². The maximum Gasteiger partial charge on any atom is 0.223 e. The van der Waals surface area contributed by atoms with Crippen LogP contribution in [0.15, 0.2) is 72.8 Å². The number of benzene rings is 3. The quantitative estimate of drug-likeness (QED) is 0.400. The summed E-state index contributed by atoms with van der Waals surface area (Å²) in [4.78, 5) is 2.00. The Morgan fingerprint density at radius 3 is 2.18 bits per heavy atom. The molecule has 0 bridgehead atoms. The molecule has 0 saturated heterocycles. The molecule has 1 atom stereocenters. The minimum atomic E-state index is -0.429. The van der Waals surface area contributed by atoms with Gasteiger partial charge < -0.3 is 29.7 Å². The van der Waals surface area contributed by atoms with Crippen LogP contribution in [0.4, 0.5) is 5.69 Å². The van der Waals surface area contributed by atoms with Crippen molar-refractivity contribution in [2.75, 3.05) is 25.7 Å². The van der Waals surface area contributed by atoms with Gasteiger partial charge in [0.2, 0.25) is 11.8 Å². The first-order valence-electron chi connectivity index (χ1n) is 11.0. The number of aromatic nitrogens is 1. The molecule has 0 spiro atoms. The number of aromatic hydroxyl groups is 3. The number of anilines is 1. The summed E-state index contributed by atoms with van der Waals surface area (Å²) in [6.45, 7) is 0.549. The molecule has 5 rings (SSSR count). The van der Waals surface area contributed by atoms with E-state index in [9.17, 15) is 15.3 Å². The van der Waals surface area contributed by atoms with Crippen molar-refractivity contribution in [3.05, 3.63) is 89.5 Å². The molecule has 0 radical (unpaired) electrons. The van der Waals surface area contributed by atoms with Crippen LogP contribution in [0.1, 0.15) is 22.7 Å². The van der Waals surface area contributed by atoms with Crippen molar-refractivity contribution >= 4 is 5.69 Å². The van der Waals surface area contributed by atoms with Crippen LogP contribution in [-0.2, 0) is 6.42 Å². The number of hydrogen-bond donors (Lipinski definition) is 3. The number of rotatable bonds is 5. The highest BCUT2D eigenvalue weighted by Gasteiger charge is 2.35. The van der Waals surface area contributed by atoms with Crippen molar-refractivity contribution in [3.8, 4) is 34.7 Å². The monoisotopic (exact) mass is 458 g/mol. The largest absolute Gasteiger partial charge is 0.508 e. The summed E-state index contributed by atoms with van der Waals surface area (Å²) < 4.78 is 12.5. The third-order valence-electron chi connectivity index (χ3n) is 6.36. The van der Waals surface area contributed by atoms with E-state index in [-0.39, 0.29) is 17.5 Å². The lowest BCUT2D eigenvalue weighted by atomic mass is 9.87. The number of hydrogen-bond acceptors (Lipinski definition) is 6. The molecule has 1 aliphatic rings. The molecule has 174 valence electrons. The molecule has 34 heavy (non-hydrogen) atoms. The second kappa shape index (κ2) is 8.59. The Bertz CT molecular complexity index is 1330. The maximum absolute atomic E-state index is 11.2. The van der Waals surface area contributed by atoms with Crippen LogP contribution in [-0.4, -0.2) is 40.7 Å². The molecule has 0 aliphatic carbocycles. The minimum Gasteiger partial charge on any atom is -0.508 e. The molecular formula is C27H26N2O5. The fraction of sp³-hybridized carbons (Fsp3) is 0.185. The van der Waals surface area contributed by atoms with Gasteiger partial charge in [-0.3, -0.25) is 0 Å². The molecule has 3 N–H and O–H groups in total. The van der Waals surface area contributed by atoms with Gasteiger partial charge in [0.1, 0.15) is 11.4 Å². The summed E-state index contributed by atoms with van der Waals surface area (Å²) in [7, 11) is 3.19. The van der Waals surface area contributed by atoms with Gasteiger partial charge >= 0.3 is 0 Å². The summed E-state index contributed by atoms with van der Waals surface area (Å²) in [5, 5.41) is 32.8. The number of nitrogens with zero attached hydrogens (tertiary/aromatic N) is 2. The summed E-state index contributed by atoms with van der Waals surface area (Å²) in [5.41, 5.74) is 3.79. The zero-order valence-corrected chi connectivity index (χ0v) is 19.0. The Morgan fingerprint density at radius 2 is 1.47 bits per heavy atom. The van der Waals surface area contributed by atoms with Crippen LogP contribution in [0.25, 0.3) is 5.69 Å². The molecule has 3 aromatic carbocycles. The number of ether oxygens (including phenoxy) is 2. The molecule has 4 aromatic rings. The van der Waals surface area contributed by atoms with Crippen LogP contribution in [0.2, 0.25) is 0 Å². The number of phenolic OH excluding ortho intramolecular Hbond substituents is 1. The number of para-hydroxylation sites is 2. The van der Waals surface area contributed by atoms with Gasteiger partial charge in [-0.25, -0.2) is 4.57 Å². The second-order valence-corrected chi connectivity index (χ2v) is 8.19. The Labute approximate surface area is 197 Å². The first-order chi connectivity index (χ1) is 16.5. The van der Waals surface area contributed by atoms with Crippen molar-refractivity contribution < 1.29 is 24.8 Å². The summed E-state index contributed by atoms with van der Waals surface area (Å²) >= 11 is 0.